The Bertz CT molecular complexity index is 736. The molecule has 0 saturated carbocycles. The quantitative estimate of drug-likeness (QED) is 0.782. The van der Waals surface area contributed by atoms with Gasteiger partial charge in [0.15, 0.2) is 12.0 Å². The molecule has 3 heterocycles. The van der Waals surface area contributed by atoms with Crippen molar-refractivity contribution in [3.8, 4) is 11.4 Å². The van der Waals surface area contributed by atoms with Crippen molar-refractivity contribution in [2.24, 2.45) is 0 Å². The van der Waals surface area contributed by atoms with Gasteiger partial charge in [0, 0.05) is 21.6 Å². The standard InChI is InChI=1S/C12H8BrN5S/c13-8-3-1-2-7(6-8)9-15-12-16-10(18(12)17-9)11-14-4-5-19-11/h1-6,10H,(H,15,16,17). The Morgan fingerprint density at radius 3 is 3.11 bits per heavy atom. The minimum atomic E-state index is 0.0170. The van der Waals surface area contributed by atoms with Gasteiger partial charge in [0.05, 0.1) is 0 Å². The number of benzene rings is 1. The summed E-state index contributed by atoms with van der Waals surface area (Å²) in [4.78, 5) is 8.76. The Hall–Kier alpha value is -1.73. The van der Waals surface area contributed by atoms with Crippen LogP contribution in [0.3, 0.4) is 0 Å². The third kappa shape index (κ3) is 1.77. The van der Waals surface area contributed by atoms with Crippen LogP contribution in [0.15, 0.2) is 40.3 Å². The van der Waals surface area contributed by atoms with Crippen LogP contribution in [0.25, 0.3) is 11.4 Å². The van der Waals surface area contributed by atoms with E-state index in [1.54, 1.807) is 17.5 Å². The maximum Gasteiger partial charge on any atom is 0.226 e. The van der Waals surface area contributed by atoms with Crippen LogP contribution in [-0.4, -0.2) is 19.7 Å². The molecule has 19 heavy (non-hydrogen) atoms. The minimum absolute atomic E-state index is 0.0170. The fourth-order valence-corrected chi connectivity index (χ4v) is 3.07. The molecule has 94 valence electrons. The monoisotopic (exact) mass is 333 g/mol. The Labute approximate surface area is 121 Å². The van der Waals surface area contributed by atoms with E-state index in [2.05, 4.69) is 36.3 Å². The molecular formula is C12H8BrN5S. The van der Waals surface area contributed by atoms with Crippen molar-refractivity contribution >= 4 is 33.2 Å². The van der Waals surface area contributed by atoms with E-state index < -0.39 is 0 Å². The molecule has 1 aliphatic rings. The van der Waals surface area contributed by atoms with E-state index >= 15 is 0 Å². The predicted molar refractivity (Wildman–Crippen MR) is 77.0 cm³/mol. The minimum Gasteiger partial charge on any atom is -0.327 e. The van der Waals surface area contributed by atoms with E-state index in [0.717, 1.165) is 26.8 Å². The maximum atomic E-state index is 4.53. The van der Waals surface area contributed by atoms with Crippen LogP contribution < -0.4 is 5.32 Å². The molecule has 0 saturated heterocycles. The zero-order valence-electron chi connectivity index (χ0n) is 9.62. The van der Waals surface area contributed by atoms with Gasteiger partial charge in [0.25, 0.3) is 0 Å². The van der Waals surface area contributed by atoms with E-state index in [1.165, 1.54) is 0 Å². The van der Waals surface area contributed by atoms with Crippen LogP contribution in [0.1, 0.15) is 11.2 Å². The highest BCUT2D eigenvalue weighted by atomic mass is 79.9. The Morgan fingerprint density at radius 1 is 1.37 bits per heavy atom. The van der Waals surface area contributed by atoms with Crippen molar-refractivity contribution < 1.29 is 0 Å². The number of rotatable bonds is 2. The summed E-state index contributed by atoms with van der Waals surface area (Å²) in [5.74, 6) is 1.51. The maximum absolute atomic E-state index is 4.53. The second-order valence-electron chi connectivity index (χ2n) is 4.13. The van der Waals surface area contributed by atoms with Gasteiger partial charge in [0.1, 0.15) is 5.01 Å². The van der Waals surface area contributed by atoms with E-state index in [1.807, 2.05) is 34.3 Å². The SMILES string of the molecule is Brc1cccc(-c2nc3n(n2)C(c2nccs2)N3)c1. The average Bonchev–Trinajstić information content (AvgIpc) is 3.00. The number of nitrogens with zero attached hydrogens (tertiary/aromatic N) is 4. The molecule has 0 bridgehead atoms. The number of anilines is 1. The molecule has 2 aromatic heterocycles. The Kier molecular flexibility index (Phi) is 2.42. The van der Waals surface area contributed by atoms with Gasteiger partial charge >= 0.3 is 0 Å². The second kappa shape index (κ2) is 4.14. The summed E-state index contributed by atoms with van der Waals surface area (Å²) in [6.07, 6.45) is 1.81. The topological polar surface area (TPSA) is 55.6 Å². The first kappa shape index (κ1) is 11.1. The number of thiazole rings is 1. The largest absolute Gasteiger partial charge is 0.327 e. The lowest BCUT2D eigenvalue weighted by atomic mass is 10.2. The molecule has 5 nitrogen and oxygen atoms in total. The molecule has 4 rings (SSSR count). The van der Waals surface area contributed by atoms with Crippen LogP contribution in [0.4, 0.5) is 5.95 Å². The molecular weight excluding hydrogens is 326 g/mol. The van der Waals surface area contributed by atoms with Crippen LogP contribution in [0, 0.1) is 0 Å². The average molecular weight is 334 g/mol. The van der Waals surface area contributed by atoms with Gasteiger partial charge in [-0.25, -0.2) is 9.67 Å². The van der Waals surface area contributed by atoms with Crippen molar-refractivity contribution in [3.05, 3.63) is 45.3 Å². The van der Waals surface area contributed by atoms with E-state index in [-0.39, 0.29) is 6.17 Å². The fraction of sp³-hybridized carbons (Fsp3) is 0.0833. The summed E-state index contributed by atoms with van der Waals surface area (Å²) < 4.78 is 2.89. The fourth-order valence-electron chi connectivity index (χ4n) is 2.00. The third-order valence-electron chi connectivity index (χ3n) is 2.91. The number of nitrogens with one attached hydrogen (secondary N) is 1. The number of fused-ring (bicyclic) bond motifs is 1. The lowest BCUT2D eigenvalue weighted by Crippen LogP contribution is -2.32. The summed E-state index contributed by atoms with van der Waals surface area (Å²) in [5.41, 5.74) is 0.996. The molecule has 0 spiro atoms. The van der Waals surface area contributed by atoms with Crippen molar-refractivity contribution in [2.75, 3.05) is 5.32 Å². The Balaban J connectivity index is 1.72. The van der Waals surface area contributed by atoms with Crippen LogP contribution in [0.5, 0.6) is 0 Å². The molecule has 3 aromatic rings. The smallest absolute Gasteiger partial charge is 0.226 e. The van der Waals surface area contributed by atoms with Crippen molar-refractivity contribution in [2.45, 2.75) is 6.17 Å². The highest BCUT2D eigenvalue weighted by Crippen LogP contribution is 2.34. The highest BCUT2D eigenvalue weighted by molar-refractivity contribution is 9.10. The lowest BCUT2D eigenvalue weighted by Gasteiger charge is -2.26. The first-order valence-electron chi connectivity index (χ1n) is 5.70. The molecule has 1 aliphatic heterocycles. The van der Waals surface area contributed by atoms with Gasteiger partial charge in [-0.05, 0) is 12.1 Å². The van der Waals surface area contributed by atoms with Crippen molar-refractivity contribution in [1.82, 2.24) is 19.7 Å². The number of aromatic nitrogens is 4. The first-order valence-corrected chi connectivity index (χ1v) is 7.37. The van der Waals surface area contributed by atoms with Crippen LogP contribution in [-0.2, 0) is 0 Å². The number of hydrogen-bond acceptors (Lipinski definition) is 5. The van der Waals surface area contributed by atoms with Gasteiger partial charge in [-0.1, -0.05) is 28.1 Å². The Morgan fingerprint density at radius 2 is 2.32 bits per heavy atom. The summed E-state index contributed by atoms with van der Waals surface area (Å²) in [6.45, 7) is 0. The third-order valence-corrected chi connectivity index (χ3v) is 4.23. The van der Waals surface area contributed by atoms with Crippen molar-refractivity contribution in [3.63, 3.8) is 0 Å². The molecule has 1 unspecified atom stereocenters. The van der Waals surface area contributed by atoms with Gasteiger partial charge in [-0.15, -0.1) is 16.4 Å². The van der Waals surface area contributed by atoms with Gasteiger partial charge < -0.3 is 5.32 Å². The molecule has 0 radical (unpaired) electrons. The number of halogens is 1. The van der Waals surface area contributed by atoms with Gasteiger partial charge in [0.2, 0.25) is 5.95 Å². The van der Waals surface area contributed by atoms with Gasteiger partial charge in [-0.2, -0.15) is 4.98 Å². The molecule has 0 fully saturated rings. The summed E-state index contributed by atoms with van der Waals surface area (Å²) in [5, 5.41) is 10.7. The summed E-state index contributed by atoms with van der Waals surface area (Å²) in [6, 6.07) is 7.96. The van der Waals surface area contributed by atoms with E-state index in [4.69, 9.17) is 0 Å². The molecule has 1 aromatic carbocycles. The first-order chi connectivity index (χ1) is 9.31. The van der Waals surface area contributed by atoms with E-state index in [9.17, 15) is 0 Å². The van der Waals surface area contributed by atoms with Crippen LogP contribution in [0.2, 0.25) is 0 Å². The summed E-state index contributed by atoms with van der Waals surface area (Å²) >= 11 is 5.07. The molecule has 0 amide bonds. The number of hydrogen-bond donors (Lipinski definition) is 1. The highest BCUT2D eigenvalue weighted by Gasteiger charge is 2.32. The molecule has 0 aliphatic carbocycles. The zero-order valence-corrected chi connectivity index (χ0v) is 12.0. The zero-order chi connectivity index (χ0) is 12.8. The molecule has 7 heteroatoms. The van der Waals surface area contributed by atoms with Gasteiger partial charge in [-0.3, -0.25) is 0 Å². The van der Waals surface area contributed by atoms with Crippen molar-refractivity contribution in [1.29, 1.82) is 0 Å². The summed E-state index contributed by atoms with van der Waals surface area (Å²) in [7, 11) is 0. The second-order valence-corrected chi connectivity index (χ2v) is 5.97. The normalized spacial score (nSPS) is 16.6. The molecule has 1 atom stereocenters. The van der Waals surface area contributed by atoms with Crippen LogP contribution >= 0.6 is 27.3 Å². The predicted octanol–water partition coefficient (Wildman–Crippen LogP) is 3.14. The van der Waals surface area contributed by atoms with E-state index in [0.29, 0.717) is 0 Å². The lowest BCUT2D eigenvalue weighted by molar-refractivity contribution is 0.508. The molecule has 1 N–H and O–H groups in total.